The Hall–Kier alpha value is -2.45. The molecule has 0 radical (unpaired) electrons. The standard InChI is InChI=1S/C19H26O8/c1-4-15(20)14(11-16(21)22)18(24)27-10-9-26-13-7-5-12(6-8-13)17(23)19(2,3)25/h5-8,14-15,20,25H,4,9-11H2,1-3H3,(H,21,22). The van der Waals surface area contributed by atoms with Crippen molar-refractivity contribution in [1.29, 1.82) is 0 Å². The van der Waals surface area contributed by atoms with Gasteiger partial charge in [-0.15, -0.1) is 0 Å². The lowest BCUT2D eigenvalue weighted by molar-refractivity contribution is -0.158. The number of esters is 1. The molecule has 2 atom stereocenters. The van der Waals surface area contributed by atoms with Crippen LogP contribution in [0.3, 0.4) is 0 Å². The van der Waals surface area contributed by atoms with Crippen LogP contribution >= 0.6 is 0 Å². The van der Waals surface area contributed by atoms with Crippen molar-refractivity contribution in [1.82, 2.24) is 0 Å². The van der Waals surface area contributed by atoms with Crippen molar-refractivity contribution in [3.05, 3.63) is 29.8 Å². The number of ketones is 1. The van der Waals surface area contributed by atoms with Gasteiger partial charge in [0.1, 0.15) is 24.6 Å². The van der Waals surface area contributed by atoms with E-state index in [1.54, 1.807) is 19.1 Å². The van der Waals surface area contributed by atoms with Crippen LogP contribution in [-0.2, 0) is 14.3 Å². The molecule has 0 aliphatic carbocycles. The fraction of sp³-hybridized carbons (Fsp3) is 0.526. The monoisotopic (exact) mass is 382 g/mol. The number of carboxylic acid groups (broad SMARTS) is 1. The molecule has 2 unspecified atom stereocenters. The highest BCUT2D eigenvalue weighted by atomic mass is 16.6. The van der Waals surface area contributed by atoms with Gasteiger partial charge in [0, 0.05) is 5.56 Å². The van der Waals surface area contributed by atoms with E-state index < -0.39 is 41.8 Å². The first-order valence-electron chi connectivity index (χ1n) is 8.62. The Morgan fingerprint density at radius 2 is 1.70 bits per heavy atom. The molecule has 0 saturated carbocycles. The molecule has 0 aliphatic heterocycles. The fourth-order valence-electron chi connectivity index (χ4n) is 2.31. The second-order valence-electron chi connectivity index (χ2n) is 6.61. The zero-order valence-electron chi connectivity index (χ0n) is 15.7. The summed E-state index contributed by atoms with van der Waals surface area (Å²) >= 11 is 0. The van der Waals surface area contributed by atoms with Crippen molar-refractivity contribution in [3.63, 3.8) is 0 Å². The number of aliphatic hydroxyl groups is 2. The molecule has 0 bridgehead atoms. The summed E-state index contributed by atoms with van der Waals surface area (Å²) < 4.78 is 10.4. The molecule has 1 aromatic carbocycles. The zero-order chi connectivity index (χ0) is 20.6. The van der Waals surface area contributed by atoms with Crippen LogP contribution in [0.1, 0.15) is 44.0 Å². The Labute approximate surface area is 157 Å². The Morgan fingerprint density at radius 1 is 1.11 bits per heavy atom. The number of ether oxygens (including phenoxy) is 2. The normalized spacial score (nSPS) is 13.5. The highest BCUT2D eigenvalue weighted by Crippen LogP contribution is 2.18. The van der Waals surface area contributed by atoms with Crippen LogP contribution in [0, 0.1) is 5.92 Å². The molecule has 1 aromatic rings. The number of rotatable bonds is 11. The van der Waals surface area contributed by atoms with E-state index in [2.05, 4.69) is 0 Å². The van der Waals surface area contributed by atoms with Gasteiger partial charge in [-0.25, -0.2) is 0 Å². The first-order chi connectivity index (χ1) is 12.6. The summed E-state index contributed by atoms with van der Waals surface area (Å²) in [6.45, 7) is 4.35. The zero-order valence-corrected chi connectivity index (χ0v) is 15.7. The molecule has 0 heterocycles. The van der Waals surface area contributed by atoms with Crippen LogP contribution in [0.5, 0.6) is 5.75 Å². The van der Waals surface area contributed by atoms with Gasteiger partial charge in [-0.1, -0.05) is 6.92 Å². The molecule has 0 spiro atoms. The van der Waals surface area contributed by atoms with Gasteiger partial charge in [0.15, 0.2) is 5.78 Å². The summed E-state index contributed by atoms with van der Waals surface area (Å²) in [5, 5.41) is 28.3. The number of hydrogen-bond donors (Lipinski definition) is 3. The lowest BCUT2D eigenvalue weighted by atomic mass is 9.97. The number of hydrogen-bond acceptors (Lipinski definition) is 7. The van der Waals surface area contributed by atoms with Gasteiger partial charge < -0.3 is 24.8 Å². The number of benzene rings is 1. The predicted octanol–water partition coefficient (Wildman–Crippen LogP) is 1.42. The molecule has 8 nitrogen and oxygen atoms in total. The summed E-state index contributed by atoms with van der Waals surface area (Å²) in [5.74, 6) is -3.08. The van der Waals surface area contributed by atoms with Gasteiger partial charge in [0.05, 0.1) is 18.4 Å². The minimum Gasteiger partial charge on any atom is -0.490 e. The average molecular weight is 382 g/mol. The minimum absolute atomic E-state index is 0.0204. The quantitative estimate of drug-likeness (QED) is 0.298. The molecular formula is C19H26O8. The van der Waals surface area contributed by atoms with Crippen LogP contribution in [0.25, 0.3) is 0 Å². The van der Waals surface area contributed by atoms with Crippen LogP contribution in [-0.4, -0.2) is 58.0 Å². The highest BCUT2D eigenvalue weighted by molar-refractivity contribution is 6.01. The van der Waals surface area contributed by atoms with Crippen molar-refractivity contribution in [2.75, 3.05) is 13.2 Å². The van der Waals surface area contributed by atoms with Crippen LogP contribution < -0.4 is 4.74 Å². The van der Waals surface area contributed by atoms with Crippen LogP contribution in [0.2, 0.25) is 0 Å². The molecule has 150 valence electrons. The molecule has 0 aliphatic rings. The van der Waals surface area contributed by atoms with E-state index >= 15 is 0 Å². The maximum absolute atomic E-state index is 11.9. The van der Waals surface area contributed by atoms with Crippen LogP contribution in [0.15, 0.2) is 24.3 Å². The molecule has 0 saturated heterocycles. The summed E-state index contributed by atoms with van der Waals surface area (Å²) in [7, 11) is 0. The van der Waals surface area contributed by atoms with Gasteiger partial charge in [0.25, 0.3) is 0 Å². The maximum Gasteiger partial charge on any atom is 0.312 e. The first kappa shape index (κ1) is 22.6. The summed E-state index contributed by atoms with van der Waals surface area (Å²) in [5.41, 5.74) is -1.13. The maximum atomic E-state index is 11.9. The molecule has 0 aromatic heterocycles. The second kappa shape index (κ2) is 10.0. The number of aliphatic carboxylic acids is 1. The molecule has 3 N–H and O–H groups in total. The Morgan fingerprint density at radius 3 is 2.19 bits per heavy atom. The largest absolute Gasteiger partial charge is 0.490 e. The third kappa shape index (κ3) is 7.36. The van der Waals surface area contributed by atoms with Gasteiger partial charge in [-0.3, -0.25) is 14.4 Å². The predicted molar refractivity (Wildman–Crippen MR) is 95.6 cm³/mol. The Bertz CT molecular complexity index is 645. The molecule has 8 heteroatoms. The van der Waals surface area contributed by atoms with E-state index in [-0.39, 0.29) is 19.6 Å². The van der Waals surface area contributed by atoms with Gasteiger partial charge in [0.2, 0.25) is 0 Å². The lowest BCUT2D eigenvalue weighted by Gasteiger charge is -2.19. The van der Waals surface area contributed by atoms with Gasteiger partial charge >= 0.3 is 11.9 Å². The van der Waals surface area contributed by atoms with E-state index in [4.69, 9.17) is 14.6 Å². The Balaban J connectivity index is 2.50. The average Bonchev–Trinajstić information content (AvgIpc) is 2.61. The number of carboxylic acids is 1. The molecule has 1 rings (SSSR count). The van der Waals surface area contributed by atoms with Gasteiger partial charge in [-0.05, 0) is 44.5 Å². The summed E-state index contributed by atoms with van der Waals surface area (Å²) in [4.78, 5) is 34.7. The van der Waals surface area contributed by atoms with Crippen molar-refractivity contribution in [2.45, 2.75) is 45.3 Å². The SMILES string of the molecule is CCC(O)C(CC(=O)O)C(=O)OCCOc1ccc(C(=O)C(C)(C)O)cc1. The molecule has 0 fully saturated rings. The topological polar surface area (TPSA) is 130 Å². The second-order valence-corrected chi connectivity index (χ2v) is 6.61. The Kier molecular flexibility index (Phi) is 8.39. The number of carbonyl (C=O) groups excluding carboxylic acids is 2. The lowest BCUT2D eigenvalue weighted by Crippen LogP contribution is -2.32. The fourth-order valence-corrected chi connectivity index (χ4v) is 2.31. The third-order valence-electron chi connectivity index (χ3n) is 3.85. The van der Waals surface area contributed by atoms with Crippen molar-refractivity contribution in [2.24, 2.45) is 5.92 Å². The van der Waals surface area contributed by atoms with E-state index in [1.165, 1.54) is 26.0 Å². The van der Waals surface area contributed by atoms with E-state index in [1.807, 2.05) is 0 Å². The third-order valence-corrected chi connectivity index (χ3v) is 3.85. The van der Waals surface area contributed by atoms with Crippen molar-refractivity contribution in [3.8, 4) is 5.75 Å². The van der Waals surface area contributed by atoms with Crippen LogP contribution in [0.4, 0.5) is 0 Å². The van der Waals surface area contributed by atoms with E-state index in [0.717, 1.165) is 0 Å². The number of aliphatic hydroxyl groups excluding tert-OH is 1. The van der Waals surface area contributed by atoms with Crippen molar-refractivity contribution >= 4 is 17.7 Å². The minimum atomic E-state index is -1.47. The van der Waals surface area contributed by atoms with Gasteiger partial charge in [-0.2, -0.15) is 0 Å². The summed E-state index contributed by atoms with van der Waals surface area (Å²) in [6, 6.07) is 6.13. The van der Waals surface area contributed by atoms with Crippen molar-refractivity contribution < 1.29 is 39.2 Å². The molecular weight excluding hydrogens is 356 g/mol. The highest BCUT2D eigenvalue weighted by Gasteiger charge is 2.29. The first-order valence-corrected chi connectivity index (χ1v) is 8.62. The smallest absolute Gasteiger partial charge is 0.312 e. The molecule has 27 heavy (non-hydrogen) atoms. The molecule has 0 amide bonds. The number of carbonyl (C=O) groups is 3. The van der Waals surface area contributed by atoms with E-state index in [9.17, 15) is 24.6 Å². The summed E-state index contributed by atoms with van der Waals surface area (Å²) in [6.07, 6.45) is -1.36. The van der Waals surface area contributed by atoms with E-state index in [0.29, 0.717) is 11.3 Å². The number of Topliss-reactive ketones (excluding diaryl/α,β-unsaturated/α-hetero) is 1.